The molecule has 1 aromatic rings. The van der Waals surface area contributed by atoms with Crippen LogP contribution in [0.1, 0.15) is 18.9 Å². The van der Waals surface area contributed by atoms with Crippen molar-refractivity contribution in [3.8, 4) is 0 Å². The average molecular weight is 258 g/mol. The van der Waals surface area contributed by atoms with Gasteiger partial charge in [-0.25, -0.2) is 4.39 Å². The summed E-state index contributed by atoms with van der Waals surface area (Å²) >= 11 is 3.31. The monoisotopic (exact) mass is 257 g/mol. The zero-order valence-corrected chi connectivity index (χ0v) is 9.64. The molecule has 0 heterocycles. The van der Waals surface area contributed by atoms with Crippen molar-refractivity contribution in [2.45, 2.75) is 13.3 Å². The molecule has 3 heteroatoms. The molecule has 0 aromatic heterocycles. The van der Waals surface area contributed by atoms with Crippen molar-refractivity contribution in [1.82, 2.24) is 0 Å². The molecular formula is C11H13BrFN. The summed E-state index contributed by atoms with van der Waals surface area (Å²) in [5.41, 5.74) is 6.93. The van der Waals surface area contributed by atoms with Crippen molar-refractivity contribution in [3.63, 3.8) is 0 Å². The number of hydrogen-bond acceptors (Lipinski definition) is 1. The van der Waals surface area contributed by atoms with Gasteiger partial charge in [-0.1, -0.05) is 22.0 Å². The highest BCUT2D eigenvalue weighted by atomic mass is 79.9. The molecule has 76 valence electrons. The zero-order chi connectivity index (χ0) is 10.6. The van der Waals surface area contributed by atoms with Gasteiger partial charge in [0.2, 0.25) is 0 Å². The number of rotatable bonds is 3. The lowest BCUT2D eigenvalue weighted by Gasteiger charge is -2.04. The van der Waals surface area contributed by atoms with Gasteiger partial charge < -0.3 is 5.73 Å². The van der Waals surface area contributed by atoms with Gasteiger partial charge in [-0.3, -0.25) is 0 Å². The maximum Gasteiger partial charge on any atom is 0.130 e. The summed E-state index contributed by atoms with van der Waals surface area (Å²) in [6.45, 7) is 2.48. The third-order valence-corrected chi connectivity index (χ3v) is 2.46. The number of benzene rings is 1. The Morgan fingerprint density at radius 1 is 1.57 bits per heavy atom. The summed E-state index contributed by atoms with van der Waals surface area (Å²) in [5.74, 6) is -0.195. The molecule has 2 N–H and O–H groups in total. The number of hydrogen-bond donors (Lipinski definition) is 1. The van der Waals surface area contributed by atoms with E-state index >= 15 is 0 Å². The summed E-state index contributed by atoms with van der Waals surface area (Å²) in [7, 11) is 0. The van der Waals surface area contributed by atoms with Crippen LogP contribution in [0.15, 0.2) is 28.7 Å². The molecule has 14 heavy (non-hydrogen) atoms. The van der Waals surface area contributed by atoms with Crippen LogP contribution in [-0.2, 0) is 0 Å². The maximum absolute atomic E-state index is 13.4. The van der Waals surface area contributed by atoms with Gasteiger partial charge in [0, 0.05) is 10.0 Å². The Kier molecular flexibility index (Phi) is 4.29. The summed E-state index contributed by atoms with van der Waals surface area (Å²) in [6, 6.07) is 4.92. The number of allylic oxidation sites excluding steroid dienone is 1. The van der Waals surface area contributed by atoms with E-state index in [4.69, 9.17) is 5.73 Å². The second-order valence-electron chi connectivity index (χ2n) is 3.09. The lowest BCUT2D eigenvalue weighted by Crippen LogP contribution is -1.96. The van der Waals surface area contributed by atoms with Crippen LogP contribution in [0.25, 0.3) is 5.57 Å². The van der Waals surface area contributed by atoms with E-state index < -0.39 is 0 Å². The van der Waals surface area contributed by atoms with Gasteiger partial charge in [0.05, 0.1) is 0 Å². The van der Waals surface area contributed by atoms with Crippen LogP contribution in [0.4, 0.5) is 4.39 Å². The SMILES string of the molecule is CC(=CCCN)c1cc(Br)ccc1F. The molecule has 0 amide bonds. The second-order valence-corrected chi connectivity index (χ2v) is 4.00. The first-order chi connectivity index (χ1) is 6.65. The summed E-state index contributed by atoms with van der Waals surface area (Å²) in [4.78, 5) is 0. The molecule has 0 saturated heterocycles. The maximum atomic E-state index is 13.4. The highest BCUT2D eigenvalue weighted by Crippen LogP contribution is 2.22. The normalized spacial score (nSPS) is 11.9. The van der Waals surface area contributed by atoms with Gasteiger partial charge in [-0.2, -0.15) is 0 Å². The molecule has 0 atom stereocenters. The Bertz CT molecular complexity index is 347. The van der Waals surface area contributed by atoms with E-state index in [1.165, 1.54) is 6.07 Å². The van der Waals surface area contributed by atoms with Crippen LogP contribution in [-0.4, -0.2) is 6.54 Å². The Labute approximate surface area is 91.9 Å². The Morgan fingerprint density at radius 3 is 2.93 bits per heavy atom. The van der Waals surface area contributed by atoms with Crippen molar-refractivity contribution in [2.24, 2.45) is 5.73 Å². The molecule has 1 nitrogen and oxygen atoms in total. The van der Waals surface area contributed by atoms with Crippen LogP contribution in [0, 0.1) is 5.82 Å². The minimum absolute atomic E-state index is 0.195. The Morgan fingerprint density at radius 2 is 2.29 bits per heavy atom. The zero-order valence-electron chi connectivity index (χ0n) is 8.06. The molecule has 0 unspecified atom stereocenters. The van der Waals surface area contributed by atoms with Crippen molar-refractivity contribution >= 4 is 21.5 Å². The fourth-order valence-electron chi connectivity index (χ4n) is 1.21. The molecule has 0 bridgehead atoms. The molecule has 1 aromatic carbocycles. The van der Waals surface area contributed by atoms with E-state index in [9.17, 15) is 4.39 Å². The van der Waals surface area contributed by atoms with E-state index in [1.54, 1.807) is 12.1 Å². The van der Waals surface area contributed by atoms with E-state index in [0.717, 1.165) is 16.5 Å². The summed E-state index contributed by atoms with van der Waals surface area (Å²) < 4.78 is 14.2. The quantitative estimate of drug-likeness (QED) is 0.884. The predicted octanol–water partition coefficient (Wildman–Crippen LogP) is 3.34. The molecule has 0 aliphatic rings. The Balaban J connectivity index is 2.99. The van der Waals surface area contributed by atoms with Gasteiger partial charge in [0.1, 0.15) is 5.82 Å². The van der Waals surface area contributed by atoms with Gasteiger partial charge in [-0.15, -0.1) is 0 Å². The van der Waals surface area contributed by atoms with Crippen LogP contribution >= 0.6 is 15.9 Å². The van der Waals surface area contributed by atoms with Crippen LogP contribution in [0.3, 0.4) is 0 Å². The topological polar surface area (TPSA) is 26.0 Å². The van der Waals surface area contributed by atoms with E-state index in [1.807, 2.05) is 13.0 Å². The third-order valence-electron chi connectivity index (χ3n) is 1.97. The molecule has 0 aliphatic carbocycles. The van der Waals surface area contributed by atoms with Crippen molar-refractivity contribution in [3.05, 3.63) is 40.1 Å². The van der Waals surface area contributed by atoms with E-state index in [0.29, 0.717) is 12.1 Å². The molecule has 0 saturated carbocycles. The standard InChI is InChI=1S/C11H13BrFN/c1-8(3-2-6-14)10-7-9(12)4-5-11(10)13/h3-5,7H,2,6,14H2,1H3. The Hall–Kier alpha value is -0.670. The minimum Gasteiger partial charge on any atom is -0.330 e. The van der Waals surface area contributed by atoms with Crippen molar-refractivity contribution < 1.29 is 4.39 Å². The fourth-order valence-corrected chi connectivity index (χ4v) is 1.57. The van der Waals surface area contributed by atoms with Gasteiger partial charge >= 0.3 is 0 Å². The predicted molar refractivity (Wildman–Crippen MR) is 61.4 cm³/mol. The molecule has 0 spiro atoms. The number of halogens is 2. The first-order valence-electron chi connectivity index (χ1n) is 4.47. The smallest absolute Gasteiger partial charge is 0.130 e. The lowest BCUT2D eigenvalue weighted by molar-refractivity contribution is 0.623. The summed E-state index contributed by atoms with van der Waals surface area (Å²) in [5, 5.41) is 0. The second kappa shape index (κ2) is 5.27. The van der Waals surface area contributed by atoms with Crippen LogP contribution in [0.5, 0.6) is 0 Å². The van der Waals surface area contributed by atoms with E-state index in [2.05, 4.69) is 15.9 Å². The molecule has 0 aliphatic heterocycles. The molecule has 0 fully saturated rings. The minimum atomic E-state index is -0.195. The lowest BCUT2D eigenvalue weighted by atomic mass is 10.1. The van der Waals surface area contributed by atoms with Gasteiger partial charge in [-0.05, 0) is 43.7 Å². The van der Waals surface area contributed by atoms with Gasteiger partial charge in [0.15, 0.2) is 0 Å². The summed E-state index contributed by atoms with van der Waals surface area (Å²) in [6.07, 6.45) is 2.72. The third kappa shape index (κ3) is 2.93. The van der Waals surface area contributed by atoms with Crippen LogP contribution < -0.4 is 5.73 Å². The first kappa shape index (κ1) is 11.4. The fraction of sp³-hybridized carbons (Fsp3) is 0.273. The largest absolute Gasteiger partial charge is 0.330 e. The molecule has 1 rings (SSSR count). The van der Waals surface area contributed by atoms with Crippen molar-refractivity contribution in [2.75, 3.05) is 6.54 Å². The highest BCUT2D eigenvalue weighted by Gasteiger charge is 2.03. The number of nitrogens with two attached hydrogens (primary N) is 1. The highest BCUT2D eigenvalue weighted by molar-refractivity contribution is 9.10. The average Bonchev–Trinajstić information content (AvgIpc) is 2.18. The van der Waals surface area contributed by atoms with Crippen molar-refractivity contribution in [1.29, 1.82) is 0 Å². The van der Waals surface area contributed by atoms with E-state index in [-0.39, 0.29) is 5.82 Å². The van der Waals surface area contributed by atoms with Crippen LogP contribution in [0.2, 0.25) is 0 Å². The molecule has 0 radical (unpaired) electrons. The first-order valence-corrected chi connectivity index (χ1v) is 5.26. The van der Waals surface area contributed by atoms with Gasteiger partial charge in [0.25, 0.3) is 0 Å². The molecular weight excluding hydrogens is 245 g/mol.